The molecule has 6 rings (SSSR count). The van der Waals surface area contributed by atoms with Crippen LogP contribution >= 0.6 is 0 Å². The van der Waals surface area contributed by atoms with Crippen LogP contribution in [-0.4, -0.2) is 35.0 Å². The summed E-state index contributed by atoms with van der Waals surface area (Å²) in [4.78, 5) is 22.3. The van der Waals surface area contributed by atoms with E-state index in [1.165, 1.54) is 6.42 Å². The van der Waals surface area contributed by atoms with Crippen molar-refractivity contribution < 1.29 is 4.74 Å². The average Bonchev–Trinajstić information content (AvgIpc) is 3.25. The third-order valence-corrected chi connectivity index (χ3v) is 6.51. The van der Waals surface area contributed by atoms with E-state index in [1.54, 1.807) is 33.3 Å². The third-order valence-electron chi connectivity index (χ3n) is 6.51. The Kier molecular flexibility index (Phi) is 4.36. The van der Waals surface area contributed by atoms with Crippen LogP contribution in [0, 0.1) is 6.92 Å². The maximum absolute atomic E-state index is 13.3. The van der Waals surface area contributed by atoms with Gasteiger partial charge in [0.15, 0.2) is 0 Å². The van der Waals surface area contributed by atoms with E-state index in [9.17, 15) is 4.79 Å². The largest absolute Gasteiger partial charge is 0.489 e. The predicted molar refractivity (Wildman–Crippen MR) is 127 cm³/mol. The van der Waals surface area contributed by atoms with E-state index >= 15 is 0 Å². The molecule has 0 bridgehead atoms. The topological polar surface area (TPSA) is 79.8 Å². The molecule has 1 aliphatic carbocycles. The average molecular weight is 441 g/mol. The van der Waals surface area contributed by atoms with Crippen molar-refractivity contribution in [3.63, 3.8) is 0 Å². The lowest BCUT2D eigenvalue weighted by Crippen LogP contribution is -2.24. The molecule has 0 saturated heterocycles. The number of aromatic nitrogens is 6. The number of benzene rings is 1. The molecule has 1 aromatic carbocycles. The van der Waals surface area contributed by atoms with Crippen LogP contribution in [0.1, 0.15) is 25.0 Å². The van der Waals surface area contributed by atoms with Crippen LogP contribution in [0.25, 0.3) is 38.8 Å². The van der Waals surface area contributed by atoms with Gasteiger partial charge in [0.25, 0.3) is 0 Å². The molecule has 166 valence electrons. The number of pyridine rings is 2. The summed E-state index contributed by atoms with van der Waals surface area (Å²) in [5.41, 5.74) is 5.80. The number of imidazole rings is 1. The molecule has 0 N–H and O–H groups in total. The number of rotatable bonds is 4. The third kappa shape index (κ3) is 3.13. The van der Waals surface area contributed by atoms with Crippen LogP contribution in [0.4, 0.5) is 0 Å². The van der Waals surface area contributed by atoms with Crippen LogP contribution in [0.15, 0.2) is 53.8 Å². The molecule has 8 heteroatoms. The Morgan fingerprint density at radius 3 is 2.64 bits per heavy atom. The second-order valence-electron chi connectivity index (χ2n) is 8.75. The maximum atomic E-state index is 13.3. The normalized spacial score (nSPS) is 14.2. The zero-order chi connectivity index (χ0) is 22.7. The SMILES string of the molecule is Cc1nn(C)cc1-n1c(=O)n(C)c2cnc3ccc(-c4cncc(OC5CCC5)c4)cc3c21. The fourth-order valence-electron chi connectivity index (χ4n) is 4.53. The van der Waals surface area contributed by atoms with Gasteiger partial charge in [-0.2, -0.15) is 5.10 Å². The van der Waals surface area contributed by atoms with E-state index < -0.39 is 0 Å². The van der Waals surface area contributed by atoms with Crippen molar-refractivity contribution in [1.29, 1.82) is 0 Å². The van der Waals surface area contributed by atoms with Crippen LogP contribution in [0.5, 0.6) is 5.75 Å². The summed E-state index contributed by atoms with van der Waals surface area (Å²) < 4.78 is 11.1. The monoisotopic (exact) mass is 440 g/mol. The van der Waals surface area contributed by atoms with Gasteiger partial charge in [-0.05, 0) is 49.9 Å². The molecule has 5 aromatic rings. The summed E-state index contributed by atoms with van der Waals surface area (Å²) in [7, 11) is 3.63. The molecule has 0 atom stereocenters. The molecular weight excluding hydrogens is 416 g/mol. The minimum atomic E-state index is -0.127. The molecule has 1 saturated carbocycles. The molecule has 4 heterocycles. The highest BCUT2D eigenvalue weighted by atomic mass is 16.5. The second-order valence-corrected chi connectivity index (χ2v) is 8.75. The van der Waals surface area contributed by atoms with Crippen molar-refractivity contribution in [2.75, 3.05) is 0 Å². The Balaban J connectivity index is 1.57. The number of nitrogens with zero attached hydrogens (tertiary/aromatic N) is 6. The first kappa shape index (κ1) is 19.7. The summed E-state index contributed by atoms with van der Waals surface area (Å²) in [6, 6.07) is 8.13. The summed E-state index contributed by atoms with van der Waals surface area (Å²) in [6.45, 7) is 1.91. The van der Waals surface area contributed by atoms with Crippen LogP contribution in [0.2, 0.25) is 0 Å². The second kappa shape index (κ2) is 7.30. The van der Waals surface area contributed by atoms with Gasteiger partial charge in [-0.15, -0.1) is 0 Å². The minimum absolute atomic E-state index is 0.127. The van der Waals surface area contributed by atoms with E-state index in [-0.39, 0.29) is 5.69 Å². The van der Waals surface area contributed by atoms with Gasteiger partial charge in [0.05, 0.1) is 46.4 Å². The molecule has 4 aromatic heterocycles. The van der Waals surface area contributed by atoms with Crippen LogP contribution in [-0.2, 0) is 14.1 Å². The highest BCUT2D eigenvalue weighted by molar-refractivity contribution is 6.04. The Labute approximate surface area is 190 Å². The number of ether oxygens (including phenoxy) is 1. The van der Waals surface area contributed by atoms with Crippen molar-refractivity contribution in [2.45, 2.75) is 32.3 Å². The van der Waals surface area contributed by atoms with Crippen molar-refractivity contribution in [1.82, 2.24) is 28.9 Å². The lowest BCUT2D eigenvalue weighted by atomic mass is 9.96. The summed E-state index contributed by atoms with van der Waals surface area (Å²) in [6.07, 6.45) is 11.0. The molecule has 0 aliphatic heterocycles. The van der Waals surface area contributed by atoms with E-state index in [2.05, 4.69) is 21.1 Å². The van der Waals surface area contributed by atoms with Gasteiger partial charge < -0.3 is 4.74 Å². The van der Waals surface area contributed by atoms with Crippen LogP contribution < -0.4 is 10.4 Å². The Morgan fingerprint density at radius 1 is 1.06 bits per heavy atom. The molecule has 0 spiro atoms. The standard InChI is InChI=1S/C25H24N6O2/c1-15-23(14-29(2)28-15)31-24-20-10-16(7-8-21(20)27-13-22(24)30(3)25(31)32)17-9-19(12-26-11-17)33-18-5-4-6-18/h7-14,18H,4-6H2,1-3H3. The van der Waals surface area contributed by atoms with E-state index in [1.807, 2.05) is 44.6 Å². The van der Waals surface area contributed by atoms with Gasteiger partial charge in [-0.25, -0.2) is 4.79 Å². The van der Waals surface area contributed by atoms with Gasteiger partial charge in [-0.3, -0.25) is 23.8 Å². The quantitative estimate of drug-likeness (QED) is 0.423. The summed E-state index contributed by atoms with van der Waals surface area (Å²) >= 11 is 0. The Morgan fingerprint density at radius 2 is 1.91 bits per heavy atom. The lowest BCUT2D eigenvalue weighted by molar-refractivity contribution is 0.120. The van der Waals surface area contributed by atoms with Crippen molar-refractivity contribution >= 4 is 21.9 Å². The predicted octanol–water partition coefficient (Wildman–Crippen LogP) is 3.91. The fourth-order valence-corrected chi connectivity index (χ4v) is 4.53. The lowest BCUT2D eigenvalue weighted by Gasteiger charge is -2.26. The zero-order valence-corrected chi connectivity index (χ0v) is 18.8. The molecule has 0 radical (unpaired) electrons. The van der Waals surface area contributed by atoms with E-state index in [0.717, 1.165) is 63.0 Å². The first-order chi connectivity index (χ1) is 16.0. The van der Waals surface area contributed by atoms with E-state index in [4.69, 9.17) is 4.74 Å². The van der Waals surface area contributed by atoms with Crippen molar-refractivity contribution in [3.05, 3.63) is 65.2 Å². The molecule has 1 aliphatic rings. The molecule has 0 amide bonds. The highest BCUT2D eigenvalue weighted by Gasteiger charge is 2.21. The fraction of sp³-hybridized carbons (Fsp3) is 0.280. The van der Waals surface area contributed by atoms with Gasteiger partial charge >= 0.3 is 5.69 Å². The molecule has 1 fully saturated rings. The first-order valence-electron chi connectivity index (χ1n) is 11.1. The molecule has 0 unspecified atom stereocenters. The number of hydrogen-bond donors (Lipinski definition) is 0. The molecule has 33 heavy (non-hydrogen) atoms. The number of fused-ring (bicyclic) bond motifs is 3. The molecular formula is C25H24N6O2. The summed E-state index contributed by atoms with van der Waals surface area (Å²) in [5, 5.41) is 5.34. The Bertz CT molecular complexity index is 1590. The van der Waals surface area contributed by atoms with Crippen molar-refractivity contribution in [2.24, 2.45) is 14.1 Å². The van der Waals surface area contributed by atoms with Crippen molar-refractivity contribution in [3.8, 4) is 22.6 Å². The van der Waals surface area contributed by atoms with Crippen LogP contribution in [0.3, 0.4) is 0 Å². The zero-order valence-electron chi connectivity index (χ0n) is 18.8. The molecule has 8 nitrogen and oxygen atoms in total. The number of aryl methyl sites for hydroxylation is 3. The van der Waals surface area contributed by atoms with Gasteiger partial charge in [0.1, 0.15) is 5.75 Å². The van der Waals surface area contributed by atoms with Gasteiger partial charge in [-0.1, -0.05) is 6.07 Å². The Hall–Kier alpha value is -3.94. The smallest absolute Gasteiger partial charge is 0.333 e. The minimum Gasteiger partial charge on any atom is -0.489 e. The summed E-state index contributed by atoms with van der Waals surface area (Å²) in [5.74, 6) is 0.788. The number of hydrogen-bond acceptors (Lipinski definition) is 5. The first-order valence-corrected chi connectivity index (χ1v) is 11.1. The highest BCUT2D eigenvalue weighted by Crippen LogP contribution is 2.32. The van der Waals surface area contributed by atoms with Gasteiger partial charge in [0.2, 0.25) is 0 Å². The van der Waals surface area contributed by atoms with Gasteiger partial charge in [0, 0.05) is 37.4 Å². The van der Waals surface area contributed by atoms with E-state index in [0.29, 0.717) is 6.10 Å². The maximum Gasteiger partial charge on any atom is 0.333 e.